The molecule has 2 aromatic heterocycles. The number of benzene rings is 1. The van der Waals surface area contributed by atoms with Crippen molar-refractivity contribution in [3.8, 4) is 0 Å². The van der Waals surface area contributed by atoms with Crippen molar-refractivity contribution in [3.63, 3.8) is 0 Å². The first-order valence-electron chi connectivity index (χ1n) is 11.2. The smallest absolute Gasteiger partial charge is 0.326 e. The summed E-state index contributed by atoms with van der Waals surface area (Å²) in [6.07, 6.45) is 9.58. The van der Waals surface area contributed by atoms with Gasteiger partial charge in [0.25, 0.3) is 16.6 Å². The van der Waals surface area contributed by atoms with Crippen molar-refractivity contribution in [2.45, 2.75) is 13.5 Å². The normalized spacial score (nSPS) is 19.9. The van der Waals surface area contributed by atoms with Crippen LogP contribution >= 0.6 is 23.1 Å². The van der Waals surface area contributed by atoms with Gasteiger partial charge in [-0.05, 0) is 54.0 Å². The first-order valence-corrected chi connectivity index (χ1v) is 12.8. The fourth-order valence-electron chi connectivity index (χ4n) is 3.90. The number of rotatable bonds is 3. The number of anilines is 1. The molecule has 0 spiro atoms. The topological polar surface area (TPSA) is 61.8 Å². The number of amides is 1. The number of thioether (sulfide) groups is 1. The van der Waals surface area contributed by atoms with Gasteiger partial charge in [-0.1, -0.05) is 30.3 Å². The van der Waals surface area contributed by atoms with E-state index in [1.165, 1.54) is 23.1 Å². The molecule has 2 aliphatic rings. The zero-order valence-electron chi connectivity index (χ0n) is 19.6. The molecule has 1 saturated heterocycles. The van der Waals surface area contributed by atoms with E-state index < -0.39 is 0 Å². The van der Waals surface area contributed by atoms with Gasteiger partial charge in [0.05, 0.1) is 24.6 Å². The number of carbonyl (C=O) groups excluding carboxylic acids is 1. The summed E-state index contributed by atoms with van der Waals surface area (Å²) in [5, 5.41) is 0.549. The summed E-state index contributed by atoms with van der Waals surface area (Å²) < 4.78 is 4.84. The molecule has 3 aromatic rings. The zero-order valence-corrected chi connectivity index (χ0v) is 21.2. The number of amidine groups is 1. The molecule has 176 valence electrons. The lowest BCUT2D eigenvalue weighted by Gasteiger charge is -2.16. The lowest BCUT2D eigenvalue weighted by molar-refractivity contribution is -0.658. The van der Waals surface area contributed by atoms with Crippen LogP contribution in [-0.4, -0.2) is 27.6 Å². The molecule has 1 fully saturated rings. The minimum atomic E-state index is -0.189. The second kappa shape index (κ2) is 9.52. The Balaban J connectivity index is 1.76. The van der Waals surface area contributed by atoms with Crippen molar-refractivity contribution in [2.24, 2.45) is 12.0 Å². The Morgan fingerprint density at radius 3 is 2.51 bits per heavy atom. The Labute approximate surface area is 211 Å². The highest BCUT2D eigenvalue weighted by Crippen LogP contribution is 2.36. The highest BCUT2D eigenvalue weighted by atomic mass is 32.2. The van der Waals surface area contributed by atoms with Crippen LogP contribution < -0.4 is 24.2 Å². The fraction of sp³-hybridized carbons (Fsp3) is 0.154. The summed E-state index contributed by atoms with van der Waals surface area (Å²) in [5.41, 5.74) is 1.45. The predicted molar refractivity (Wildman–Crippen MR) is 143 cm³/mol. The van der Waals surface area contributed by atoms with E-state index in [-0.39, 0.29) is 11.5 Å². The van der Waals surface area contributed by atoms with E-state index in [9.17, 15) is 9.59 Å². The van der Waals surface area contributed by atoms with Crippen molar-refractivity contribution >= 4 is 56.3 Å². The number of hydrogen-bond donors (Lipinski definition) is 0. The van der Waals surface area contributed by atoms with E-state index in [4.69, 9.17) is 4.99 Å². The van der Waals surface area contributed by atoms with Gasteiger partial charge in [-0.2, -0.15) is 0 Å². The molecule has 5 rings (SSSR count). The third-order valence-corrected chi connectivity index (χ3v) is 8.08. The van der Waals surface area contributed by atoms with Gasteiger partial charge in [-0.25, -0.2) is 9.47 Å². The predicted octanol–water partition coefficient (Wildman–Crippen LogP) is 2.45. The quantitative estimate of drug-likeness (QED) is 0.517. The number of aromatic nitrogens is 2. The summed E-state index contributed by atoms with van der Waals surface area (Å²) in [7, 11) is 3.83. The number of hydrogen-bond acceptors (Lipinski definition) is 6. The standard InChI is InChI=1S/C26H24N5O2S2/c1-4-30-23(32)21(19-14-8-10-16-28(19)2)34-25(30)22-24(33)31(18-12-6-5-7-13-18)26(35-22)27-20-15-9-11-17-29(20)3/h5-17H,4H2,1-3H3/q+1/b21-19-,25-22-. The van der Waals surface area contributed by atoms with Crippen molar-refractivity contribution < 1.29 is 9.36 Å². The molecule has 35 heavy (non-hydrogen) atoms. The molecule has 4 heterocycles. The molecule has 7 nitrogen and oxygen atoms in total. The highest BCUT2D eigenvalue weighted by molar-refractivity contribution is 8.23. The highest BCUT2D eigenvalue weighted by Gasteiger charge is 2.40. The molecular weight excluding hydrogens is 478 g/mol. The van der Waals surface area contributed by atoms with Crippen LogP contribution in [-0.2, 0) is 18.4 Å². The minimum absolute atomic E-state index is 0.0960. The maximum atomic E-state index is 13.9. The average molecular weight is 503 g/mol. The summed E-state index contributed by atoms with van der Waals surface area (Å²) >= 11 is 2.65. The van der Waals surface area contributed by atoms with E-state index in [2.05, 4.69) is 0 Å². The Morgan fingerprint density at radius 1 is 1.03 bits per heavy atom. The van der Waals surface area contributed by atoms with Gasteiger partial charge in [0.15, 0.2) is 0 Å². The summed E-state index contributed by atoms with van der Waals surface area (Å²) in [6, 6.07) is 15.2. The molecule has 0 saturated carbocycles. The number of aliphatic imine (C=N–C) groups is 1. The molecule has 0 bridgehead atoms. The monoisotopic (exact) mass is 502 g/mol. The molecule has 0 aliphatic carbocycles. The molecule has 2 aliphatic heterocycles. The maximum absolute atomic E-state index is 13.9. The fourth-order valence-corrected chi connectivity index (χ4v) is 6.33. The molecule has 0 unspecified atom stereocenters. The summed E-state index contributed by atoms with van der Waals surface area (Å²) in [4.78, 5) is 36.1. The number of allylic oxidation sites excluding steroid dienone is 2. The summed E-state index contributed by atoms with van der Waals surface area (Å²) in [5.74, 6) is 0.534. The van der Waals surface area contributed by atoms with Crippen LogP contribution in [0.2, 0.25) is 0 Å². The van der Waals surface area contributed by atoms with Crippen LogP contribution in [0.1, 0.15) is 6.92 Å². The maximum Gasteiger partial charge on any atom is 0.326 e. The molecule has 0 radical (unpaired) electrons. The van der Waals surface area contributed by atoms with Gasteiger partial charge in [0, 0.05) is 25.9 Å². The van der Waals surface area contributed by atoms with Crippen LogP contribution in [0.3, 0.4) is 0 Å². The van der Waals surface area contributed by atoms with Gasteiger partial charge in [0.1, 0.15) is 14.1 Å². The van der Waals surface area contributed by atoms with Crippen molar-refractivity contribution in [3.05, 3.63) is 98.7 Å². The van der Waals surface area contributed by atoms with E-state index in [1.807, 2.05) is 110 Å². The molecule has 1 amide bonds. The number of aryl methyl sites for hydroxylation is 1. The van der Waals surface area contributed by atoms with E-state index >= 15 is 0 Å². The molecule has 0 N–H and O–H groups in total. The van der Waals surface area contributed by atoms with Crippen LogP contribution in [0.5, 0.6) is 0 Å². The average Bonchev–Trinajstić information content (AvgIpc) is 3.37. The van der Waals surface area contributed by atoms with Gasteiger partial charge >= 0.3 is 5.82 Å². The first-order chi connectivity index (χ1) is 17.0. The number of para-hydroxylation sites is 1. The second-order valence-electron chi connectivity index (χ2n) is 7.95. The lowest BCUT2D eigenvalue weighted by atomic mass is 10.3. The van der Waals surface area contributed by atoms with Crippen molar-refractivity contribution in [2.75, 3.05) is 11.9 Å². The molecule has 0 atom stereocenters. The Bertz CT molecular complexity index is 1580. The first kappa shape index (κ1) is 23.1. The molecule has 9 heteroatoms. The molecular formula is C26H24N5O2S2+. The lowest BCUT2D eigenvalue weighted by Crippen LogP contribution is -2.35. The zero-order chi connectivity index (χ0) is 24.5. The van der Waals surface area contributed by atoms with Crippen LogP contribution in [0.4, 0.5) is 11.5 Å². The number of likely N-dealkylation sites (N-methyl/N-ethyl adjacent to an activating group) is 1. The van der Waals surface area contributed by atoms with Gasteiger partial charge in [-0.15, -0.1) is 11.3 Å². The third-order valence-electron chi connectivity index (χ3n) is 5.72. The number of thiazole rings is 1. The summed E-state index contributed by atoms with van der Waals surface area (Å²) in [6.45, 7) is 2.38. The Morgan fingerprint density at radius 2 is 1.80 bits per heavy atom. The van der Waals surface area contributed by atoms with E-state index in [0.717, 1.165) is 17.2 Å². The van der Waals surface area contributed by atoms with Crippen molar-refractivity contribution in [1.82, 2.24) is 9.47 Å². The van der Waals surface area contributed by atoms with Gasteiger partial charge in [0.2, 0.25) is 0 Å². The van der Waals surface area contributed by atoms with E-state index in [1.54, 1.807) is 9.47 Å². The number of carbonyl (C=O) groups is 1. The second-order valence-corrected chi connectivity index (χ2v) is 9.93. The minimum Gasteiger partial charge on any atom is -0.350 e. The van der Waals surface area contributed by atoms with Crippen LogP contribution in [0.15, 0.2) is 88.9 Å². The number of nitrogens with zero attached hydrogens (tertiary/aromatic N) is 5. The third kappa shape index (κ3) is 4.17. The SMILES string of the molecule is CCn1c(=O)/c(=C2\C=CC=CN2C)s/c1=C1\S/C(=N\c2cccc[n+]2C)N(c2ccccc2)C1=O. The number of pyridine rings is 1. The Hall–Kier alpha value is -3.69. The van der Waals surface area contributed by atoms with E-state index in [0.29, 0.717) is 25.8 Å². The van der Waals surface area contributed by atoms with Gasteiger partial charge < -0.3 is 4.90 Å². The van der Waals surface area contributed by atoms with Gasteiger partial charge in [-0.3, -0.25) is 14.2 Å². The largest absolute Gasteiger partial charge is 0.350 e. The van der Waals surface area contributed by atoms with Crippen LogP contribution in [0.25, 0.3) is 10.6 Å². The Kier molecular flexibility index (Phi) is 6.27. The van der Waals surface area contributed by atoms with Crippen LogP contribution in [0, 0.1) is 0 Å². The van der Waals surface area contributed by atoms with Crippen molar-refractivity contribution in [1.29, 1.82) is 0 Å². The molecule has 1 aromatic carbocycles.